The molecule has 1 aromatic heterocycles. The van der Waals surface area contributed by atoms with Gasteiger partial charge in [-0.15, -0.1) is 11.3 Å². The Morgan fingerprint density at radius 1 is 1.50 bits per heavy atom. The minimum absolute atomic E-state index is 0.167. The molecule has 1 atom stereocenters. The Morgan fingerprint density at radius 2 is 2.14 bits per heavy atom. The molecule has 0 saturated heterocycles. The number of carbonyl (C=O) groups excluding carboxylic acids is 1. The van der Waals surface area contributed by atoms with Crippen LogP contribution in [0.1, 0.15) is 25.6 Å². The van der Waals surface area contributed by atoms with Gasteiger partial charge in [0.2, 0.25) is 0 Å². The summed E-state index contributed by atoms with van der Waals surface area (Å²) in [5.74, 6) is 0.887. The van der Waals surface area contributed by atoms with E-state index in [1.807, 2.05) is 6.07 Å². The molecule has 0 aliphatic rings. The third-order valence-electron chi connectivity index (χ3n) is 2.38. The molecule has 0 spiro atoms. The molecule has 1 nitrogen and oxygen atoms in total. The highest BCUT2D eigenvalue weighted by Gasteiger charge is 2.19. The fourth-order valence-electron chi connectivity index (χ4n) is 1.53. The van der Waals surface area contributed by atoms with E-state index in [0.717, 1.165) is 10.2 Å². The molecule has 0 radical (unpaired) electrons. The molecule has 0 aliphatic carbocycles. The summed E-state index contributed by atoms with van der Waals surface area (Å²) in [5.41, 5.74) is 0. The maximum atomic E-state index is 11.4. The average Bonchev–Trinajstić information content (AvgIpc) is 2.46. The van der Waals surface area contributed by atoms with Gasteiger partial charge in [0.05, 0.1) is 3.79 Å². The van der Waals surface area contributed by atoms with Crippen molar-refractivity contribution in [3.63, 3.8) is 0 Å². The van der Waals surface area contributed by atoms with Crippen molar-refractivity contribution in [2.24, 2.45) is 11.8 Å². The number of hydrogen-bond donors (Lipinski definition) is 0. The van der Waals surface area contributed by atoms with Gasteiger partial charge in [-0.3, -0.25) is 4.79 Å². The zero-order chi connectivity index (χ0) is 10.7. The second-order valence-electron chi connectivity index (χ2n) is 3.87. The highest BCUT2D eigenvalue weighted by molar-refractivity contribution is 9.11. The van der Waals surface area contributed by atoms with Gasteiger partial charge < -0.3 is 0 Å². The van der Waals surface area contributed by atoms with E-state index in [9.17, 15) is 4.79 Å². The zero-order valence-electron chi connectivity index (χ0n) is 8.71. The van der Waals surface area contributed by atoms with Crippen molar-refractivity contribution in [1.82, 2.24) is 0 Å². The highest BCUT2D eigenvalue weighted by atomic mass is 79.9. The molecular formula is C11H15BrOS. The van der Waals surface area contributed by atoms with Crippen molar-refractivity contribution < 1.29 is 4.79 Å². The van der Waals surface area contributed by atoms with Crippen molar-refractivity contribution in [3.8, 4) is 0 Å². The minimum Gasteiger partial charge on any atom is -0.300 e. The largest absolute Gasteiger partial charge is 0.300 e. The second-order valence-corrected chi connectivity index (χ2v) is 6.42. The van der Waals surface area contributed by atoms with Crippen LogP contribution in [0, 0.1) is 11.8 Å². The lowest BCUT2D eigenvalue weighted by Gasteiger charge is -2.16. The second kappa shape index (κ2) is 5.08. The standard InChI is InChI=1S/C11H15BrOS/c1-7(2)10(8(3)13)6-9-4-5-11(12)14-9/h4-5,7,10H,6H2,1-3H3. The summed E-state index contributed by atoms with van der Waals surface area (Å²) in [6, 6.07) is 4.13. The fourth-order valence-corrected chi connectivity index (χ4v) is 3.07. The first-order chi connectivity index (χ1) is 6.50. The van der Waals surface area contributed by atoms with Crippen molar-refractivity contribution in [3.05, 3.63) is 20.8 Å². The van der Waals surface area contributed by atoms with Crippen LogP contribution in [0.2, 0.25) is 0 Å². The van der Waals surface area contributed by atoms with Crippen LogP contribution < -0.4 is 0 Å². The van der Waals surface area contributed by atoms with Gasteiger partial charge in [0.1, 0.15) is 5.78 Å². The average molecular weight is 275 g/mol. The van der Waals surface area contributed by atoms with E-state index in [1.54, 1.807) is 18.3 Å². The first kappa shape index (κ1) is 11.9. The molecule has 0 bridgehead atoms. The monoisotopic (exact) mass is 274 g/mol. The van der Waals surface area contributed by atoms with Crippen LogP contribution in [-0.2, 0) is 11.2 Å². The molecule has 14 heavy (non-hydrogen) atoms. The molecule has 78 valence electrons. The van der Waals surface area contributed by atoms with Gasteiger partial charge in [0.15, 0.2) is 0 Å². The maximum absolute atomic E-state index is 11.4. The van der Waals surface area contributed by atoms with E-state index < -0.39 is 0 Å². The molecule has 1 rings (SSSR count). The van der Waals surface area contributed by atoms with E-state index in [4.69, 9.17) is 0 Å². The number of hydrogen-bond acceptors (Lipinski definition) is 2. The molecule has 0 aliphatic heterocycles. The van der Waals surface area contributed by atoms with Crippen molar-refractivity contribution in [1.29, 1.82) is 0 Å². The number of halogens is 1. The van der Waals surface area contributed by atoms with Gasteiger partial charge >= 0.3 is 0 Å². The van der Waals surface area contributed by atoms with Gasteiger partial charge in [0, 0.05) is 10.8 Å². The first-order valence-electron chi connectivity index (χ1n) is 4.75. The first-order valence-corrected chi connectivity index (χ1v) is 6.36. The highest BCUT2D eigenvalue weighted by Crippen LogP contribution is 2.26. The molecule has 0 aromatic carbocycles. The minimum atomic E-state index is 0.167. The molecule has 1 aromatic rings. The van der Waals surface area contributed by atoms with E-state index in [-0.39, 0.29) is 5.92 Å². The van der Waals surface area contributed by atoms with Crippen molar-refractivity contribution in [2.45, 2.75) is 27.2 Å². The van der Waals surface area contributed by atoms with Crippen LogP contribution in [0.4, 0.5) is 0 Å². The van der Waals surface area contributed by atoms with E-state index in [1.165, 1.54) is 4.88 Å². The molecule has 0 saturated carbocycles. The SMILES string of the molecule is CC(=O)C(Cc1ccc(Br)s1)C(C)C. The summed E-state index contributed by atoms with van der Waals surface area (Å²) in [6.45, 7) is 5.90. The van der Waals surface area contributed by atoms with Gasteiger partial charge in [-0.1, -0.05) is 13.8 Å². The van der Waals surface area contributed by atoms with Crippen LogP contribution in [-0.4, -0.2) is 5.78 Å². The molecule has 3 heteroatoms. The van der Waals surface area contributed by atoms with E-state index in [2.05, 4.69) is 35.8 Å². The summed E-state index contributed by atoms with van der Waals surface area (Å²) >= 11 is 5.15. The van der Waals surface area contributed by atoms with Crippen LogP contribution >= 0.6 is 27.3 Å². The third kappa shape index (κ3) is 3.21. The van der Waals surface area contributed by atoms with Crippen LogP contribution in [0.5, 0.6) is 0 Å². The lowest BCUT2D eigenvalue weighted by Crippen LogP contribution is -2.19. The normalized spacial score (nSPS) is 13.2. The molecule has 1 heterocycles. The van der Waals surface area contributed by atoms with Gasteiger partial charge in [-0.05, 0) is 47.3 Å². The van der Waals surface area contributed by atoms with Crippen LogP contribution in [0.15, 0.2) is 15.9 Å². The topological polar surface area (TPSA) is 17.1 Å². The molecule has 0 fully saturated rings. The quantitative estimate of drug-likeness (QED) is 0.814. The van der Waals surface area contributed by atoms with Crippen molar-refractivity contribution >= 4 is 33.0 Å². The van der Waals surface area contributed by atoms with Crippen LogP contribution in [0.25, 0.3) is 0 Å². The van der Waals surface area contributed by atoms with E-state index in [0.29, 0.717) is 11.7 Å². The molecular weight excluding hydrogens is 260 g/mol. The summed E-state index contributed by atoms with van der Waals surface area (Å²) in [7, 11) is 0. The van der Waals surface area contributed by atoms with Gasteiger partial charge in [0.25, 0.3) is 0 Å². The van der Waals surface area contributed by atoms with Crippen molar-refractivity contribution in [2.75, 3.05) is 0 Å². The Balaban J connectivity index is 2.69. The Kier molecular flexibility index (Phi) is 4.32. The van der Waals surface area contributed by atoms with Gasteiger partial charge in [-0.25, -0.2) is 0 Å². The Hall–Kier alpha value is -0.150. The Bertz CT molecular complexity index is 317. The smallest absolute Gasteiger partial charge is 0.133 e. The maximum Gasteiger partial charge on any atom is 0.133 e. The summed E-state index contributed by atoms with van der Waals surface area (Å²) < 4.78 is 1.14. The zero-order valence-corrected chi connectivity index (χ0v) is 11.1. The summed E-state index contributed by atoms with van der Waals surface area (Å²) in [4.78, 5) is 12.7. The number of thiophene rings is 1. The number of Topliss-reactive ketones (excluding diaryl/α,β-unsaturated/α-hetero) is 1. The number of carbonyl (C=O) groups is 1. The lowest BCUT2D eigenvalue weighted by atomic mass is 9.89. The van der Waals surface area contributed by atoms with E-state index >= 15 is 0 Å². The molecule has 0 amide bonds. The molecule has 0 N–H and O–H groups in total. The summed E-state index contributed by atoms with van der Waals surface area (Å²) in [5, 5.41) is 0. The predicted molar refractivity (Wildman–Crippen MR) is 64.7 cm³/mol. The van der Waals surface area contributed by atoms with Crippen LogP contribution in [0.3, 0.4) is 0 Å². The lowest BCUT2D eigenvalue weighted by molar-refractivity contribution is -0.121. The Morgan fingerprint density at radius 3 is 2.50 bits per heavy atom. The van der Waals surface area contributed by atoms with Gasteiger partial charge in [-0.2, -0.15) is 0 Å². The number of rotatable bonds is 4. The summed E-state index contributed by atoms with van der Waals surface area (Å²) in [6.07, 6.45) is 0.878. The molecule has 1 unspecified atom stereocenters. The predicted octanol–water partition coefficient (Wildman–Crippen LogP) is 3.91. The Labute approximate surface area is 97.7 Å². The third-order valence-corrected chi connectivity index (χ3v) is 4.02. The fraction of sp³-hybridized carbons (Fsp3) is 0.545. The number of ketones is 1.